The van der Waals surface area contributed by atoms with Gasteiger partial charge in [0.25, 0.3) is 0 Å². The third-order valence-corrected chi connectivity index (χ3v) is 4.47. The number of nitrogens with zero attached hydrogens (tertiary/aromatic N) is 1. The van der Waals surface area contributed by atoms with E-state index in [0.717, 1.165) is 32.4 Å². The quantitative estimate of drug-likeness (QED) is 0.898. The van der Waals surface area contributed by atoms with Gasteiger partial charge in [0, 0.05) is 25.6 Å². The number of likely N-dealkylation sites (tertiary alicyclic amines) is 1. The molecule has 2 aliphatic rings. The maximum Gasteiger partial charge on any atom is 0.226 e. The summed E-state index contributed by atoms with van der Waals surface area (Å²) in [7, 11) is 0. The summed E-state index contributed by atoms with van der Waals surface area (Å²) in [6, 6.07) is 10.3. The van der Waals surface area contributed by atoms with E-state index in [4.69, 9.17) is 5.11 Å². The van der Waals surface area contributed by atoms with Crippen molar-refractivity contribution < 1.29 is 9.90 Å². The molecule has 0 radical (unpaired) electrons. The molecule has 1 saturated carbocycles. The maximum atomic E-state index is 12.4. The summed E-state index contributed by atoms with van der Waals surface area (Å²) in [4.78, 5) is 14.4. The van der Waals surface area contributed by atoms with E-state index < -0.39 is 0 Å². The van der Waals surface area contributed by atoms with Gasteiger partial charge in [-0.2, -0.15) is 0 Å². The Kier molecular flexibility index (Phi) is 3.56. The number of carbonyl (C=O) groups is 1. The Morgan fingerprint density at radius 2 is 2.11 bits per heavy atom. The van der Waals surface area contributed by atoms with Crippen LogP contribution in [0.1, 0.15) is 30.7 Å². The van der Waals surface area contributed by atoms with E-state index in [9.17, 15) is 4.79 Å². The Morgan fingerprint density at radius 3 is 2.84 bits per heavy atom. The number of benzene rings is 1. The molecule has 1 N–H and O–H groups in total. The van der Waals surface area contributed by atoms with Gasteiger partial charge in [-0.15, -0.1) is 0 Å². The standard InChI is InChI=1S/C16H21NO2/c18-9-7-12-6-8-17(11-12)16(19)15-10-14(15)13-4-2-1-3-5-13/h1-5,12,14-15,18H,6-11H2. The molecule has 1 aliphatic carbocycles. The van der Waals surface area contributed by atoms with Gasteiger partial charge in [-0.25, -0.2) is 0 Å². The highest BCUT2D eigenvalue weighted by molar-refractivity contribution is 5.83. The van der Waals surface area contributed by atoms with Gasteiger partial charge >= 0.3 is 0 Å². The molecular weight excluding hydrogens is 238 g/mol. The molecule has 1 saturated heterocycles. The van der Waals surface area contributed by atoms with E-state index in [2.05, 4.69) is 12.1 Å². The zero-order valence-corrected chi connectivity index (χ0v) is 11.2. The van der Waals surface area contributed by atoms with Crippen LogP contribution in [0.3, 0.4) is 0 Å². The largest absolute Gasteiger partial charge is 0.396 e. The van der Waals surface area contributed by atoms with Crippen LogP contribution in [-0.4, -0.2) is 35.6 Å². The Balaban J connectivity index is 1.56. The van der Waals surface area contributed by atoms with Gasteiger partial charge in [0.05, 0.1) is 0 Å². The first kappa shape index (κ1) is 12.7. The van der Waals surface area contributed by atoms with E-state index in [1.165, 1.54) is 5.56 Å². The van der Waals surface area contributed by atoms with Crippen molar-refractivity contribution in [3.8, 4) is 0 Å². The third kappa shape index (κ3) is 2.66. The maximum absolute atomic E-state index is 12.4. The summed E-state index contributed by atoms with van der Waals surface area (Å²) in [5.41, 5.74) is 1.30. The van der Waals surface area contributed by atoms with Crippen molar-refractivity contribution in [2.75, 3.05) is 19.7 Å². The molecule has 102 valence electrons. The van der Waals surface area contributed by atoms with Crippen molar-refractivity contribution in [2.45, 2.75) is 25.2 Å². The highest BCUT2D eigenvalue weighted by atomic mass is 16.3. The SMILES string of the molecule is O=C(C1CC1c1ccccc1)N1CCC(CCO)C1. The first-order chi connectivity index (χ1) is 9.29. The molecule has 2 fully saturated rings. The lowest BCUT2D eigenvalue weighted by molar-refractivity contribution is -0.131. The van der Waals surface area contributed by atoms with E-state index in [1.807, 2.05) is 23.1 Å². The second kappa shape index (κ2) is 5.33. The smallest absolute Gasteiger partial charge is 0.226 e. The monoisotopic (exact) mass is 259 g/mol. The van der Waals surface area contributed by atoms with Crippen LogP contribution >= 0.6 is 0 Å². The van der Waals surface area contributed by atoms with Crippen LogP contribution in [0.5, 0.6) is 0 Å². The molecule has 1 heterocycles. The molecule has 3 unspecified atom stereocenters. The lowest BCUT2D eigenvalue weighted by atomic mass is 10.1. The lowest BCUT2D eigenvalue weighted by Crippen LogP contribution is -2.30. The van der Waals surface area contributed by atoms with Crippen molar-refractivity contribution in [1.82, 2.24) is 4.90 Å². The summed E-state index contributed by atoms with van der Waals surface area (Å²) >= 11 is 0. The molecule has 0 bridgehead atoms. The van der Waals surface area contributed by atoms with E-state index in [-0.39, 0.29) is 12.5 Å². The molecule has 1 aliphatic heterocycles. The number of amides is 1. The zero-order valence-electron chi connectivity index (χ0n) is 11.2. The van der Waals surface area contributed by atoms with E-state index in [0.29, 0.717) is 17.7 Å². The van der Waals surface area contributed by atoms with Gasteiger partial charge in [-0.05, 0) is 36.7 Å². The number of aliphatic hydroxyl groups excluding tert-OH is 1. The van der Waals surface area contributed by atoms with Crippen molar-refractivity contribution in [3.05, 3.63) is 35.9 Å². The topological polar surface area (TPSA) is 40.5 Å². The molecule has 1 aromatic carbocycles. The third-order valence-electron chi connectivity index (χ3n) is 4.47. The molecule has 19 heavy (non-hydrogen) atoms. The van der Waals surface area contributed by atoms with Crippen molar-refractivity contribution in [2.24, 2.45) is 11.8 Å². The number of hydrogen-bond acceptors (Lipinski definition) is 2. The Labute approximate surface area is 114 Å². The molecule has 3 rings (SSSR count). The average molecular weight is 259 g/mol. The molecule has 3 atom stereocenters. The highest BCUT2D eigenvalue weighted by Gasteiger charge is 2.46. The first-order valence-corrected chi connectivity index (χ1v) is 7.24. The fourth-order valence-corrected chi connectivity index (χ4v) is 3.22. The van der Waals surface area contributed by atoms with Crippen LogP contribution < -0.4 is 0 Å². The first-order valence-electron chi connectivity index (χ1n) is 7.24. The molecule has 0 spiro atoms. The summed E-state index contributed by atoms with van der Waals surface area (Å²) in [5, 5.41) is 8.96. The van der Waals surface area contributed by atoms with E-state index >= 15 is 0 Å². The van der Waals surface area contributed by atoms with Gasteiger partial charge in [-0.1, -0.05) is 30.3 Å². The van der Waals surface area contributed by atoms with Crippen molar-refractivity contribution >= 4 is 5.91 Å². The molecule has 3 nitrogen and oxygen atoms in total. The molecule has 1 aromatic rings. The van der Waals surface area contributed by atoms with Crippen LogP contribution in [0.4, 0.5) is 0 Å². The zero-order chi connectivity index (χ0) is 13.2. The summed E-state index contributed by atoms with van der Waals surface area (Å²) in [6.45, 7) is 1.96. The fraction of sp³-hybridized carbons (Fsp3) is 0.562. The van der Waals surface area contributed by atoms with Crippen LogP contribution in [0.15, 0.2) is 30.3 Å². The second-order valence-corrected chi connectivity index (χ2v) is 5.81. The summed E-state index contributed by atoms with van der Waals surface area (Å²) in [5.74, 6) is 1.47. The second-order valence-electron chi connectivity index (χ2n) is 5.81. The Hall–Kier alpha value is -1.35. The minimum Gasteiger partial charge on any atom is -0.396 e. The van der Waals surface area contributed by atoms with Crippen LogP contribution in [0.25, 0.3) is 0 Å². The predicted molar refractivity (Wildman–Crippen MR) is 73.7 cm³/mol. The van der Waals surface area contributed by atoms with Crippen LogP contribution in [-0.2, 0) is 4.79 Å². The highest BCUT2D eigenvalue weighted by Crippen LogP contribution is 2.48. The minimum absolute atomic E-state index is 0.204. The van der Waals surface area contributed by atoms with Gasteiger partial charge in [0.1, 0.15) is 0 Å². The Bertz CT molecular complexity index is 445. The van der Waals surface area contributed by atoms with Gasteiger partial charge in [-0.3, -0.25) is 4.79 Å². The molecule has 3 heteroatoms. The number of hydrogen-bond donors (Lipinski definition) is 1. The summed E-state index contributed by atoms with van der Waals surface area (Å²) < 4.78 is 0. The van der Waals surface area contributed by atoms with Crippen molar-refractivity contribution in [3.63, 3.8) is 0 Å². The van der Waals surface area contributed by atoms with Crippen LogP contribution in [0.2, 0.25) is 0 Å². The van der Waals surface area contributed by atoms with Gasteiger partial charge in [0.2, 0.25) is 5.91 Å². The van der Waals surface area contributed by atoms with E-state index in [1.54, 1.807) is 0 Å². The number of aliphatic hydroxyl groups is 1. The average Bonchev–Trinajstić information content (AvgIpc) is 3.12. The molecule has 0 aromatic heterocycles. The van der Waals surface area contributed by atoms with Crippen molar-refractivity contribution in [1.29, 1.82) is 0 Å². The number of carbonyl (C=O) groups excluding carboxylic acids is 1. The normalized spacial score (nSPS) is 29.5. The fourth-order valence-electron chi connectivity index (χ4n) is 3.22. The predicted octanol–water partition coefficient (Wildman–Crippen LogP) is 2.02. The summed E-state index contributed by atoms with van der Waals surface area (Å²) in [6.07, 6.45) is 2.88. The lowest BCUT2D eigenvalue weighted by Gasteiger charge is -2.16. The molecular formula is C16H21NO2. The Morgan fingerprint density at radius 1 is 1.32 bits per heavy atom. The van der Waals surface area contributed by atoms with Crippen LogP contribution in [0, 0.1) is 11.8 Å². The van der Waals surface area contributed by atoms with Gasteiger partial charge < -0.3 is 10.0 Å². The minimum atomic E-state index is 0.204. The number of rotatable bonds is 4. The van der Waals surface area contributed by atoms with Gasteiger partial charge in [0.15, 0.2) is 0 Å². The molecule has 1 amide bonds.